The van der Waals surface area contributed by atoms with E-state index in [1.54, 1.807) is 6.26 Å². The number of hydrogen-bond donors (Lipinski definition) is 1. The third-order valence-electron chi connectivity index (χ3n) is 3.61. The van der Waals surface area contributed by atoms with E-state index in [-0.39, 0.29) is 5.54 Å². The topological polar surface area (TPSA) is 32.3 Å². The van der Waals surface area contributed by atoms with E-state index in [1.807, 2.05) is 0 Å². The van der Waals surface area contributed by atoms with Gasteiger partial charge in [0.05, 0.1) is 0 Å². The fraction of sp³-hybridized carbons (Fsp3) is 1.00. The minimum atomic E-state index is -0.712. The molecule has 1 aliphatic heterocycles. The van der Waals surface area contributed by atoms with Gasteiger partial charge in [0.2, 0.25) is 0 Å². The van der Waals surface area contributed by atoms with E-state index in [4.69, 9.17) is 0 Å². The highest BCUT2D eigenvalue weighted by atomic mass is 32.2. The van der Waals surface area contributed by atoms with Crippen LogP contribution >= 0.6 is 0 Å². The van der Waals surface area contributed by atoms with E-state index in [2.05, 4.69) is 44.8 Å². The maximum Gasteiger partial charge on any atom is 0.0385 e. The van der Waals surface area contributed by atoms with Crippen molar-refractivity contribution in [2.45, 2.75) is 52.2 Å². The summed E-state index contributed by atoms with van der Waals surface area (Å²) in [5.74, 6) is 1.41. The normalized spacial score (nSPS) is 29.2. The first-order valence-electron chi connectivity index (χ1n) is 6.54. The lowest BCUT2D eigenvalue weighted by molar-refractivity contribution is 0.0450. The molecule has 0 aromatic rings. The molecule has 0 spiro atoms. The van der Waals surface area contributed by atoms with Crippen molar-refractivity contribution in [1.82, 2.24) is 10.2 Å². The minimum absolute atomic E-state index is 0.162. The summed E-state index contributed by atoms with van der Waals surface area (Å²) in [4.78, 5) is 2.54. The lowest BCUT2D eigenvalue weighted by atomic mass is 9.92. The Labute approximate surface area is 109 Å². The molecule has 1 heterocycles. The summed E-state index contributed by atoms with van der Waals surface area (Å²) >= 11 is 0. The third-order valence-corrected chi connectivity index (χ3v) is 4.56. The molecule has 102 valence electrons. The minimum Gasteiger partial charge on any atom is -0.309 e. The fourth-order valence-electron chi connectivity index (χ4n) is 2.66. The molecule has 1 rings (SSSR count). The van der Waals surface area contributed by atoms with E-state index in [0.29, 0.717) is 18.0 Å². The molecule has 17 heavy (non-hydrogen) atoms. The Balaban J connectivity index is 2.76. The van der Waals surface area contributed by atoms with Crippen LogP contribution in [0, 0.1) is 5.92 Å². The van der Waals surface area contributed by atoms with Gasteiger partial charge >= 0.3 is 0 Å². The summed E-state index contributed by atoms with van der Waals surface area (Å²) in [5.41, 5.74) is 0.162. The number of hydrogen-bond acceptors (Lipinski definition) is 3. The van der Waals surface area contributed by atoms with E-state index in [1.165, 1.54) is 0 Å². The standard InChI is InChI=1S/C13H28N2OS/c1-10(2)12-7-14-13(4,5)9-15(12)11(3)8-17(6)16/h10-12,14H,7-9H2,1-6H3. The Hall–Kier alpha value is 0.0700. The molecule has 0 radical (unpaired) electrons. The highest BCUT2D eigenvalue weighted by Gasteiger charge is 2.36. The molecule has 0 saturated carbocycles. The predicted octanol–water partition coefficient (Wildman–Crippen LogP) is 1.46. The molecule has 4 heteroatoms. The van der Waals surface area contributed by atoms with Crippen molar-refractivity contribution in [3.05, 3.63) is 0 Å². The maximum absolute atomic E-state index is 11.4. The van der Waals surface area contributed by atoms with Crippen LogP contribution in [0.3, 0.4) is 0 Å². The van der Waals surface area contributed by atoms with Crippen LogP contribution in [0.5, 0.6) is 0 Å². The van der Waals surface area contributed by atoms with Crippen LogP contribution in [0.2, 0.25) is 0 Å². The number of rotatable bonds is 4. The lowest BCUT2D eigenvalue weighted by Crippen LogP contribution is -2.65. The van der Waals surface area contributed by atoms with Crippen molar-refractivity contribution in [3.8, 4) is 0 Å². The first-order chi connectivity index (χ1) is 7.73. The molecule has 0 amide bonds. The van der Waals surface area contributed by atoms with Crippen LogP contribution in [0.25, 0.3) is 0 Å². The molecule has 0 aromatic carbocycles. The number of nitrogens with zero attached hydrogens (tertiary/aromatic N) is 1. The van der Waals surface area contributed by atoms with Gasteiger partial charge in [0, 0.05) is 53.5 Å². The predicted molar refractivity (Wildman–Crippen MR) is 75.8 cm³/mol. The molecule has 1 fully saturated rings. The summed E-state index contributed by atoms with van der Waals surface area (Å²) in [6.07, 6.45) is 1.80. The van der Waals surface area contributed by atoms with Crippen LogP contribution in [-0.4, -0.2) is 51.8 Å². The highest BCUT2D eigenvalue weighted by Crippen LogP contribution is 2.22. The number of nitrogens with one attached hydrogen (secondary N) is 1. The van der Waals surface area contributed by atoms with Gasteiger partial charge in [-0.05, 0) is 26.7 Å². The fourth-order valence-corrected chi connectivity index (χ4v) is 3.54. The molecular weight excluding hydrogens is 232 g/mol. The average Bonchev–Trinajstić information content (AvgIpc) is 2.14. The van der Waals surface area contributed by atoms with Crippen LogP contribution in [-0.2, 0) is 10.8 Å². The third kappa shape index (κ3) is 4.34. The zero-order chi connectivity index (χ0) is 13.2. The number of piperazine rings is 1. The van der Waals surface area contributed by atoms with E-state index in [9.17, 15) is 4.21 Å². The van der Waals surface area contributed by atoms with Crippen LogP contribution < -0.4 is 5.32 Å². The summed E-state index contributed by atoms with van der Waals surface area (Å²) in [6, 6.07) is 0.955. The first kappa shape index (κ1) is 15.1. The van der Waals surface area contributed by atoms with Crippen LogP contribution in [0.4, 0.5) is 0 Å². The zero-order valence-electron chi connectivity index (χ0n) is 12.1. The van der Waals surface area contributed by atoms with Crippen molar-refractivity contribution in [1.29, 1.82) is 0 Å². The van der Waals surface area contributed by atoms with E-state index < -0.39 is 10.8 Å². The smallest absolute Gasteiger partial charge is 0.0385 e. The molecule has 1 aliphatic rings. The monoisotopic (exact) mass is 260 g/mol. The van der Waals surface area contributed by atoms with Gasteiger partial charge in [-0.3, -0.25) is 9.11 Å². The first-order valence-corrected chi connectivity index (χ1v) is 8.26. The molecule has 3 unspecified atom stereocenters. The van der Waals surface area contributed by atoms with Crippen molar-refractivity contribution >= 4 is 10.8 Å². The summed E-state index contributed by atoms with van der Waals surface area (Å²) < 4.78 is 11.4. The molecule has 1 N–H and O–H groups in total. The van der Waals surface area contributed by atoms with Crippen LogP contribution in [0.1, 0.15) is 34.6 Å². The summed E-state index contributed by atoms with van der Waals surface area (Å²) in [5, 5.41) is 3.61. The van der Waals surface area contributed by atoms with Gasteiger partial charge in [-0.15, -0.1) is 0 Å². The van der Waals surface area contributed by atoms with Crippen molar-refractivity contribution in [2.75, 3.05) is 25.1 Å². The second-order valence-electron chi connectivity index (χ2n) is 6.34. The second kappa shape index (κ2) is 5.81. The Kier molecular flexibility index (Phi) is 5.17. The Morgan fingerprint density at radius 1 is 1.41 bits per heavy atom. The largest absolute Gasteiger partial charge is 0.309 e. The second-order valence-corrected chi connectivity index (χ2v) is 7.82. The van der Waals surface area contributed by atoms with Crippen LogP contribution in [0.15, 0.2) is 0 Å². The molecule has 3 nitrogen and oxygen atoms in total. The highest BCUT2D eigenvalue weighted by molar-refractivity contribution is 7.84. The Morgan fingerprint density at radius 2 is 2.00 bits per heavy atom. The van der Waals surface area contributed by atoms with Crippen molar-refractivity contribution < 1.29 is 4.21 Å². The molecule has 0 aliphatic carbocycles. The average molecular weight is 260 g/mol. The van der Waals surface area contributed by atoms with Gasteiger partial charge in [-0.2, -0.15) is 0 Å². The van der Waals surface area contributed by atoms with Gasteiger partial charge in [0.15, 0.2) is 0 Å². The van der Waals surface area contributed by atoms with Gasteiger partial charge in [-0.1, -0.05) is 13.8 Å². The molecular formula is C13H28N2OS. The van der Waals surface area contributed by atoms with Crippen molar-refractivity contribution in [2.24, 2.45) is 5.92 Å². The summed E-state index contributed by atoms with van der Waals surface area (Å²) in [7, 11) is -0.712. The Morgan fingerprint density at radius 3 is 2.47 bits per heavy atom. The zero-order valence-corrected chi connectivity index (χ0v) is 12.9. The molecule has 1 saturated heterocycles. The maximum atomic E-state index is 11.4. The molecule has 3 atom stereocenters. The molecule has 0 aromatic heterocycles. The SMILES string of the molecule is CC(C)C1CNC(C)(C)CN1C(C)CS(C)=O. The quantitative estimate of drug-likeness (QED) is 0.830. The van der Waals surface area contributed by atoms with Gasteiger partial charge < -0.3 is 5.32 Å². The van der Waals surface area contributed by atoms with Crippen molar-refractivity contribution in [3.63, 3.8) is 0 Å². The van der Waals surface area contributed by atoms with E-state index in [0.717, 1.165) is 18.8 Å². The van der Waals surface area contributed by atoms with Gasteiger partial charge in [0.1, 0.15) is 0 Å². The van der Waals surface area contributed by atoms with Gasteiger partial charge in [0.25, 0.3) is 0 Å². The van der Waals surface area contributed by atoms with Gasteiger partial charge in [-0.25, -0.2) is 0 Å². The van der Waals surface area contributed by atoms with E-state index >= 15 is 0 Å². The Bertz CT molecular complexity index is 279. The summed E-state index contributed by atoms with van der Waals surface area (Å²) in [6.45, 7) is 13.3. The molecule has 0 bridgehead atoms. The lowest BCUT2D eigenvalue weighted by Gasteiger charge is -2.48.